The number of halogens is 1. The molecule has 3 rings (SSSR count). The summed E-state index contributed by atoms with van der Waals surface area (Å²) in [5, 5.41) is 0. The molecule has 0 radical (unpaired) electrons. The number of nitrogens with one attached hydrogen (secondary N) is 1. The smallest absolute Gasteiger partial charge is 0.337 e. The number of methoxy groups -OCH3 is 1. The Hall–Kier alpha value is -3.04. The van der Waals surface area contributed by atoms with Crippen LogP contribution in [-0.4, -0.2) is 31.0 Å². The van der Waals surface area contributed by atoms with Crippen LogP contribution in [0.4, 0.5) is 4.39 Å². The van der Waals surface area contributed by atoms with Crippen molar-refractivity contribution in [2.45, 2.75) is 10.9 Å². The number of carbonyl (C=O) groups is 1. The van der Waals surface area contributed by atoms with Gasteiger partial charge in [0.25, 0.3) is 0 Å². The summed E-state index contributed by atoms with van der Waals surface area (Å²) in [6.45, 7) is 0. The minimum Gasteiger partial charge on any atom is -0.465 e. The maximum atomic E-state index is 13.8. The van der Waals surface area contributed by atoms with E-state index in [1.807, 2.05) is 0 Å². The summed E-state index contributed by atoms with van der Waals surface area (Å²) in [7, 11) is -1.14. The molecule has 1 unspecified atom stereocenters. The van der Waals surface area contributed by atoms with Gasteiger partial charge in [-0.05, 0) is 35.9 Å². The second kappa shape index (κ2) is 7.91. The molecule has 0 bridgehead atoms. The molecule has 7 nitrogen and oxygen atoms in total. The van der Waals surface area contributed by atoms with E-state index in [0.29, 0.717) is 11.4 Å². The summed E-state index contributed by atoms with van der Waals surface area (Å²) in [5.74, 6) is -0.760. The van der Waals surface area contributed by atoms with Gasteiger partial charge in [-0.25, -0.2) is 22.6 Å². The topological polar surface area (TPSA) is 90.3 Å². The molecule has 1 aromatic heterocycles. The molecule has 0 saturated carbocycles. The lowest BCUT2D eigenvalue weighted by Gasteiger charge is -2.19. The van der Waals surface area contributed by atoms with Crippen LogP contribution in [0, 0.1) is 5.82 Å². The third kappa shape index (κ3) is 4.10. The van der Waals surface area contributed by atoms with Crippen LogP contribution >= 0.6 is 0 Å². The van der Waals surface area contributed by atoms with E-state index in [0.717, 1.165) is 0 Å². The summed E-state index contributed by atoms with van der Waals surface area (Å²) in [4.78, 5) is 15.8. The predicted molar refractivity (Wildman–Crippen MR) is 99.6 cm³/mol. The van der Waals surface area contributed by atoms with Gasteiger partial charge in [-0.1, -0.05) is 18.2 Å². The van der Waals surface area contributed by atoms with Crippen molar-refractivity contribution in [2.24, 2.45) is 7.05 Å². The molecular formula is C19H18FN3O4S. The Morgan fingerprint density at radius 2 is 1.96 bits per heavy atom. The summed E-state index contributed by atoms with van der Waals surface area (Å²) in [6, 6.07) is 10.2. The van der Waals surface area contributed by atoms with E-state index in [1.165, 1.54) is 55.8 Å². The van der Waals surface area contributed by atoms with Crippen LogP contribution < -0.4 is 4.72 Å². The molecule has 1 heterocycles. The molecule has 0 spiro atoms. The van der Waals surface area contributed by atoms with Crippen LogP contribution in [0.15, 0.2) is 65.8 Å². The fourth-order valence-corrected chi connectivity index (χ4v) is 3.97. The summed E-state index contributed by atoms with van der Waals surface area (Å²) >= 11 is 0. The van der Waals surface area contributed by atoms with Crippen molar-refractivity contribution in [1.82, 2.24) is 14.3 Å². The first kappa shape index (κ1) is 19.7. The number of ether oxygens (including phenoxy) is 1. The summed E-state index contributed by atoms with van der Waals surface area (Å²) < 4.78 is 48.5. The highest BCUT2D eigenvalue weighted by Crippen LogP contribution is 2.24. The normalized spacial score (nSPS) is 12.5. The van der Waals surface area contributed by atoms with Gasteiger partial charge in [-0.3, -0.25) is 0 Å². The van der Waals surface area contributed by atoms with E-state index in [-0.39, 0.29) is 10.5 Å². The van der Waals surface area contributed by atoms with E-state index >= 15 is 0 Å². The third-order valence-electron chi connectivity index (χ3n) is 4.14. The van der Waals surface area contributed by atoms with Crippen LogP contribution in [0.1, 0.15) is 27.8 Å². The molecule has 0 fully saturated rings. The first-order chi connectivity index (χ1) is 13.3. The number of imidazole rings is 1. The fourth-order valence-electron chi connectivity index (χ4n) is 2.74. The minimum atomic E-state index is -4.06. The zero-order valence-corrected chi connectivity index (χ0v) is 16.0. The Bertz CT molecular complexity index is 1110. The van der Waals surface area contributed by atoms with Crippen LogP contribution in [0.2, 0.25) is 0 Å². The Kier molecular flexibility index (Phi) is 5.57. The van der Waals surface area contributed by atoms with Crippen molar-refractivity contribution in [3.05, 3.63) is 83.7 Å². The molecule has 28 heavy (non-hydrogen) atoms. The Balaban J connectivity index is 2.03. The Morgan fingerprint density at radius 3 is 2.61 bits per heavy atom. The monoisotopic (exact) mass is 403 g/mol. The number of rotatable bonds is 6. The lowest BCUT2D eigenvalue weighted by molar-refractivity contribution is 0.0600. The van der Waals surface area contributed by atoms with Gasteiger partial charge in [0.15, 0.2) is 0 Å². The number of benzene rings is 2. The summed E-state index contributed by atoms with van der Waals surface area (Å²) in [6.07, 6.45) is 3.18. The molecule has 0 amide bonds. The number of hydrogen-bond donors (Lipinski definition) is 1. The number of sulfonamides is 1. The maximum absolute atomic E-state index is 13.8. The molecule has 0 aliphatic carbocycles. The highest BCUT2D eigenvalue weighted by atomic mass is 32.2. The number of hydrogen-bond acceptors (Lipinski definition) is 5. The Labute approximate surface area is 161 Å². The number of nitrogens with zero attached hydrogens (tertiary/aromatic N) is 2. The van der Waals surface area contributed by atoms with Gasteiger partial charge in [0, 0.05) is 19.4 Å². The van der Waals surface area contributed by atoms with Crippen LogP contribution in [0.3, 0.4) is 0 Å². The maximum Gasteiger partial charge on any atom is 0.337 e. The molecule has 0 aliphatic heterocycles. The third-order valence-corrected chi connectivity index (χ3v) is 5.56. The van der Waals surface area contributed by atoms with Gasteiger partial charge in [-0.15, -0.1) is 0 Å². The number of aryl methyl sites for hydroxylation is 1. The second-order valence-electron chi connectivity index (χ2n) is 6.03. The van der Waals surface area contributed by atoms with Crippen LogP contribution in [-0.2, 0) is 21.8 Å². The van der Waals surface area contributed by atoms with Crippen molar-refractivity contribution in [3.8, 4) is 0 Å². The highest BCUT2D eigenvalue weighted by molar-refractivity contribution is 7.89. The lowest BCUT2D eigenvalue weighted by Crippen LogP contribution is -2.31. The highest BCUT2D eigenvalue weighted by Gasteiger charge is 2.26. The molecule has 146 valence electrons. The van der Waals surface area contributed by atoms with Crippen molar-refractivity contribution >= 4 is 16.0 Å². The van der Waals surface area contributed by atoms with Gasteiger partial charge in [-0.2, -0.15) is 4.72 Å². The summed E-state index contributed by atoms with van der Waals surface area (Å²) in [5.41, 5.74) is 0.492. The quantitative estimate of drug-likeness (QED) is 0.639. The van der Waals surface area contributed by atoms with Gasteiger partial charge < -0.3 is 9.30 Å². The average Bonchev–Trinajstić information content (AvgIpc) is 3.11. The first-order valence-corrected chi connectivity index (χ1v) is 9.73. The predicted octanol–water partition coefficient (Wildman–Crippen LogP) is 2.41. The SMILES string of the molecule is COC(=O)c1cccc(S(=O)(=O)NC(c2cccc(F)c2)c2nccn2C)c1. The molecule has 1 N–H and O–H groups in total. The molecule has 9 heteroatoms. The number of esters is 1. The van der Waals surface area contributed by atoms with Crippen molar-refractivity contribution < 1.29 is 22.3 Å². The average molecular weight is 403 g/mol. The lowest BCUT2D eigenvalue weighted by atomic mass is 10.1. The number of carbonyl (C=O) groups excluding carboxylic acids is 1. The first-order valence-electron chi connectivity index (χ1n) is 8.25. The molecule has 3 aromatic rings. The molecular weight excluding hydrogens is 385 g/mol. The van der Waals surface area contributed by atoms with E-state index in [4.69, 9.17) is 0 Å². The standard InChI is InChI=1S/C19H18FN3O4S/c1-23-10-9-21-18(23)17(13-5-3-7-15(20)11-13)22-28(25,26)16-8-4-6-14(12-16)19(24)27-2/h3-12,17,22H,1-2H3. The van der Waals surface area contributed by atoms with E-state index < -0.39 is 27.9 Å². The molecule has 1 atom stereocenters. The zero-order valence-electron chi connectivity index (χ0n) is 15.2. The van der Waals surface area contributed by atoms with Crippen LogP contribution in [0.25, 0.3) is 0 Å². The van der Waals surface area contributed by atoms with Gasteiger partial charge in [0.2, 0.25) is 10.0 Å². The van der Waals surface area contributed by atoms with Crippen molar-refractivity contribution in [1.29, 1.82) is 0 Å². The number of aromatic nitrogens is 2. The van der Waals surface area contributed by atoms with Gasteiger partial charge >= 0.3 is 5.97 Å². The molecule has 0 saturated heterocycles. The van der Waals surface area contributed by atoms with E-state index in [9.17, 15) is 17.6 Å². The molecule has 2 aromatic carbocycles. The van der Waals surface area contributed by atoms with Gasteiger partial charge in [0.05, 0.1) is 17.6 Å². The second-order valence-corrected chi connectivity index (χ2v) is 7.74. The largest absolute Gasteiger partial charge is 0.465 e. The van der Waals surface area contributed by atoms with Crippen molar-refractivity contribution in [3.63, 3.8) is 0 Å². The molecule has 0 aliphatic rings. The van der Waals surface area contributed by atoms with Crippen molar-refractivity contribution in [2.75, 3.05) is 7.11 Å². The van der Waals surface area contributed by atoms with Crippen LogP contribution in [0.5, 0.6) is 0 Å². The fraction of sp³-hybridized carbons (Fsp3) is 0.158. The van der Waals surface area contributed by atoms with E-state index in [1.54, 1.807) is 23.9 Å². The Morgan fingerprint density at radius 1 is 1.21 bits per heavy atom. The van der Waals surface area contributed by atoms with E-state index in [2.05, 4.69) is 14.4 Å². The van der Waals surface area contributed by atoms with Gasteiger partial charge in [0.1, 0.15) is 17.7 Å². The minimum absolute atomic E-state index is 0.102. The zero-order chi connectivity index (χ0) is 20.3.